The normalized spacial score (nSPS) is 24.9. The second-order valence-corrected chi connectivity index (χ2v) is 7.70. The summed E-state index contributed by atoms with van der Waals surface area (Å²) in [6.45, 7) is 6.43. The predicted octanol–water partition coefficient (Wildman–Crippen LogP) is 2.71. The van der Waals surface area contributed by atoms with E-state index in [4.69, 9.17) is 11.6 Å². The van der Waals surface area contributed by atoms with Crippen LogP contribution >= 0.6 is 11.6 Å². The molecule has 0 aromatic heterocycles. The summed E-state index contributed by atoms with van der Waals surface area (Å²) < 4.78 is 0. The summed E-state index contributed by atoms with van der Waals surface area (Å²) in [5.74, 6) is 0. The Bertz CT molecular complexity index is 718. The number of para-hydroxylation sites is 1. The first-order valence-electron chi connectivity index (χ1n) is 9.38. The molecule has 0 bridgehead atoms. The van der Waals surface area contributed by atoms with Gasteiger partial charge >= 0.3 is 0 Å². The molecule has 0 unspecified atom stereocenters. The average molecular weight is 372 g/mol. The molecule has 2 heterocycles. The molecule has 2 aromatic rings. The number of piperazine rings is 1. The maximum Gasteiger partial charge on any atom is 0.0834 e. The SMILES string of the molecule is O[C@H]1CN(Cc2ccccc2)C[C@@H]1N1CCN(c2ccccc2Cl)CC1. The maximum atomic E-state index is 10.6. The van der Waals surface area contributed by atoms with E-state index in [0.717, 1.165) is 56.5 Å². The summed E-state index contributed by atoms with van der Waals surface area (Å²) in [5.41, 5.74) is 2.43. The number of anilines is 1. The maximum absolute atomic E-state index is 10.6. The number of hydrogen-bond donors (Lipinski definition) is 1. The van der Waals surface area contributed by atoms with Crippen molar-refractivity contribution in [2.75, 3.05) is 44.2 Å². The highest BCUT2D eigenvalue weighted by Gasteiger charge is 2.36. The van der Waals surface area contributed by atoms with Crippen molar-refractivity contribution in [2.45, 2.75) is 18.7 Å². The van der Waals surface area contributed by atoms with Crippen molar-refractivity contribution in [2.24, 2.45) is 0 Å². The smallest absolute Gasteiger partial charge is 0.0834 e. The third-order valence-electron chi connectivity index (χ3n) is 5.56. The van der Waals surface area contributed by atoms with Crippen molar-refractivity contribution in [3.63, 3.8) is 0 Å². The highest BCUT2D eigenvalue weighted by atomic mass is 35.5. The summed E-state index contributed by atoms with van der Waals surface area (Å²) in [4.78, 5) is 7.16. The number of halogens is 1. The Kier molecular flexibility index (Phi) is 5.46. The van der Waals surface area contributed by atoms with Crippen LogP contribution < -0.4 is 4.90 Å². The minimum absolute atomic E-state index is 0.229. The van der Waals surface area contributed by atoms with E-state index < -0.39 is 0 Å². The highest BCUT2D eigenvalue weighted by Crippen LogP contribution is 2.27. The van der Waals surface area contributed by atoms with Gasteiger partial charge in [-0.2, -0.15) is 0 Å². The molecular weight excluding hydrogens is 346 g/mol. The first-order chi connectivity index (χ1) is 12.7. The average Bonchev–Trinajstić information content (AvgIpc) is 3.03. The summed E-state index contributed by atoms with van der Waals surface area (Å²) in [6.07, 6.45) is -0.273. The molecule has 4 rings (SSSR count). The van der Waals surface area contributed by atoms with Gasteiger partial charge in [-0.3, -0.25) is 9.80 Å². The summed E-state index contributed by atoms with van der Waals surface area (Å²) >= 11 is 6.34. The lowest BCUT2D eigenvalue weighted by Gasteiger charge is -2.40. The molecule has 2 saturated heterocycles. The summed E-state index contributed by atoms with van der Waals surface area (Å²) in [7, 11) is 0. The van der Waals surface area contributed by atoms with Crippen molar-refractivity contribution in [1.29, 1.82) is 0 Å². The van der Waals surface area contributed by atoms with Gasteiger partial charge in [0.25, 0.3) is 0 Å². The minimum Gasteiger partial charge on any atom is -0.390 e. The molecule has 2 aromatic carbocycles. The Balaban J connectivity index is 1.34. The van der Waals surface area contributed by atoms with E-state index in [0.29, 0.717) is 0 Å². The fourth-order valence-electron chi connectivity index (χ4n) is 4.18. The van der Waals surface area contributed by atoms with Crippen LogP contribution in [0.25, 0.3) is 0 Å². The van der Waals surface area contributed by atoms with Gasteiger partial charge in [0.15, 0.2) is 0 Å². The molecule has 138 valence electrons. The van der Waals surface area contributed by atoms with Crippen molar-refractivity contribution < 1.29 is 5.11 Å². The summed E-state index contributed by atoms with van der Waals surface area (Å²) in [6, 6.07) is 18.8. The lowest BCUT2D eigenvalue weighted by molar-refractivity contribution is 0.0791. The minimum atomic E-state index is -0.273. The predicted molar refractivity (Wildman–Crippen MR) is 107 cm³/mol. The number of aliphatic hydroxyl groups excluding tert-OH is 1. The van der Waals surface area contributed by atoms with Gasteiger partial charge < -0.3 is 10.0 Å². The molecule has 2 fully saturated rings. The molecular formula is C21H26ClN3O. The number of benzene rings is 2. The van der Waals surface area contributed by atoms with Crippen LogP contribution in [0.15, 0.2) is 54.6 Å². The zero-order chi connectivity index (χ0) is 17.9. The third kappa shape index (κ3) is 3.89. The number of hydrogen-bond acceptors (Lipinski definition) is 4. The van der Waals surface area contributed by atoms with Crippen LogP contribution in [-0.4, -0.2) is 66.3 Å². The molecule has 2 aliphatic heterocycles. The van der Waals surface area contributed by atoms with Crippen LogP contribution in [0.5, 0.6) is 0 Å². The van der Waals surface area contributed by atoms with Crippen molar-refractivity contribution in [1.82, 2.24) is 9.80 Å². The molecule has 4 nitrogen and oxygen atoms in total. The molecule has 26 heavy (non-hydrogen) atoms. The van der Waals surface area contributed by atoms with Crippen LogP contribution in [0.3, 0.4) is 0 Å². The van der Waals surface area contributed by atoms with Crippen LogP contribution in [0.1, 0.15) is 5.56 Å². The van der Waals surface area contributed by atoms with Crippen molar-refractivity contribution in [3.8, 4) is 0 Å². The first-order valence-corrected chi connectivity index (χ1v) is 9.76. The van der Waals surface area contributed by atoms with Gasteiger partial charge in [-0.1, -0.05) is 54.1 Å². The van der Waals surface area contributed by atoms with E-state index >= 15 is 0 Å². The zero-order valence-corrected chi connectivity index (χ0v) is 15.7. The molecule has 0 saturated carbocycles. The molecule has 0 amide bonds. The molecule has 5 heteroatoms. The van der Waals surface area contributed by atoms with Crippen LogP contribution in [0.2, 0.25) is 5.02 Å². The van der Waals surface area contributed by atoms with Gasteiger partial charge in [-0.15, -0.1) is 0 Å². The third-order valence-corrected chi connectivity index (χ3v) is 5.88. The number of likely N-dealkylation sites (tertiary alicyclic amines) is 1. The molecule has 1 N–H and O–H groups in total. The van der Waals surface area contributed by atoms with Gasteiger partial charge in [-0.05, 0) is 17.7 Å². The topological polar surface area (TPSA) is 30.0 Å². The lowest BCUT2D eigenvalue weighted by Crippen LogP contribution is -2.53. The van der Waals surface area contributed by atoms with Gasteiger partial charge in [0.2, 0.25) is 0 Å². The van der Waals surface area contributed by atoms with Crippen molar-refractivity contribution >= 4 is 17.3 Å². The van der Waals surface area contributed by atoms with E-state index in [1.54, 1.807) is 0 Å². The highest BCUT2D eigenvalue weighted by molar-refractivity contribution is 6.33. The molecule has 2 aliphatic rings. The van der Waals surface area contributed by atoms with Crippen LogP contribution in [0, 0.1) is 0 Å². The molecule has 0 aliphatic carbocycles. The van der Waals surface area contributed by atoms with E-state index in [2.05, 4.69) is 45.0 Å². The Hall–Kier alpha value is -1.59. The van der Waals surface area contributed by atoms with Gasteiger partial charge in [0.05, 0.1) is 16.8 Å². The van der Waals surface area contributed by atoms with E-state index in [1.165, 1.54) is 5.56 Å². The van der Waals surface area contributed by atoms with Gasteiger partial charge in [0, 0.05) is 51.9 Å². The van der Waals surface area contributed by atoms with E-state index in [1.807, 2.05) is 24.3 Å². The monoisotopic (exact) mass is 371 g/mol. The fraction of sp³-hybridized carbons (Fsp3) is 0.429. The van der Waals surface area contributed by atoms with Crippen molar-refractivity contribution in [3.05, 3.63) is 65.2 Å². The van der Waals surface area contributed by atoms with Crippen LogP contribution in [-0.2, 0) is 6.54 Å². The lowest BCUT2D eigenvalue weighted by atomic mass is 10.1. The number of β-amino-alcohol motifs (C(OH)–C–C–N with tert-alkyl or cyclic N) is 1. The van der Waals surface area contributed by atoms with E-state index in [9.17, 15) is 5.11 Å². The van der Waals surface area contributed by atoms with Crippen LogP contribution in [0.4, 0.5) is 5.69 Å². The second kappa shape index (κ2) is 7.97. The second-order valence-electron chi connectivity index (χ2n) is 7.29. The Morgan fingerprint density at radius 2 is 1.58 bits per heavy atom. The Morgan fingerprint density at radius 1 is 0.885 bits per heavy atom. The van der Waals surface area contributed by atoms with Gasteiger partial charge in [-0.25, -0.2) is 0 Å². The molecule has 0 spiro atoms. The van der Waals surface area contributed by atoms with Gasteiger partial charge in [0.1, 0.15) is 0 Å². The standard InChI is InChI=1S/C21H26ClN3O/c22-18-8-4-5-9-19(18)24-10-12-25(13-11-24)20-15-23(16-21(20)26)14-17-6-2-1-3-7-17/h1-9,20-21,26H,10-16H2/t20-,21-/m0/s1. The fourth-order valence-corrected chi connectivity index (χ4v) is 4.43. The molecule has 0 radical (unpaired) electrons. The van der Waals surface area contributed by atoms with E-state index in [-0.39, 0.29) is 12.1 Å². The Morgan fingerprint density at radius 3 is 2.31 bits per heavy atom. The first kappa shape index (κ1) is 17.8. The molecule has 2 atom stereocenters. The zero-order valence-electron chi connectivity index (χ0n) is 15.0. The quantitative estimate of drug-likeness (QED) is 0.895. The summed E-state index contributed by atoms with van der Waals surface area (Å²) in [5, 5.41) is 11.4. The number of rotatable bonds is 4. The number of nitrogens with zero attached hydrogens (tertiary/aromatic N) is 3. The Labute approximate surface area is 160 Å². The number of aliphatic hydroxyl groups is 1. The largest absolute Gasteiger partial charge is 0.390 e.